The van der Waals surface area contributed by atoms with Gasteiger partial charge in [0.25, 0.3) is 0 Å². The van der Waals surface area contributed by atoms with Gasteiger partial charge >= 0.3 is 0 Å². The molecule has 0 saturated carbocycles. The van der Waals surface area contributed by atoms with E-state index in [1.807, 2.05) is 18.2 Å². The summed E-state index contributed by atoms with van der Waals surface area (Å²) >= 11 is 5.23. The van der Waals surface area contributed by atoms with Gasteiger partial charge in [-0.1, -0.05) is 51.8 Å². The molecule has 0 aromatic heterocycles. The number of carbonyl (C=O) groups is 1. The van der Waals surface area contributed by atoms with Gasteiger partial charge in [-0.25, -0.2) is 0 Å². The van der Waals surface area contributed by atoms with Crippen LogP contribution >= 0.6 is 12.2 Å². The van der Waals surface area contributed by atoms with E-state index < -0.39 is 0 Å². The van der Waals surface area contributed by atoms with Crippen molar-refractivity contribution in [2.24, 2.45) is 0 Å². The molecule has 3 nitrogen and oxygen atoms in total. The van der Waals surface area contributed by atoms with E-state index in [-0.39, 0.29) is 5.91 Å². The molecule has 0 aliphatic carbocycles. The van der Waals surface area contributed by atoms with Gasteiger partial charge in [-0.3, -0.25) is 4.79 Å². The molecule has 0 bridgehead atoms. The third kappa shape index (κ3) is 6.25. The van der Waals surface area contributed by atoms with E-state index in [0.29, 0.717) is 17.5 Å². The zero-order valence-corrected chi connectivity index (χ0v) is 14.1. The van der Waals surface area contributed by atoms with Crippen molar-refractivity contribution < 1.29 is 4.79 Å². The van der Waals surface area contributed by atoms with Crippen LogP contribution in [0.3, 0.4) is 0 Å². The summed E-state index contributed by atoms with van der Waals surface area (Å²) in [4.78, 5) is 11.8. The molecule has 1 unspecified atom stereocenters. The molecule has 0 spiro atoms. The maximum Gasteiger partial charge on any atom is 0.226 e. The first-order chi connectivity index (χ1) is 10.1. The second-order valence-electron chi connectivity index (χ2n) is 5.36. The van der Waals surface area contributed by atoms with E-state index in [0.717, 1.165) is 31.4 Å². The highest BCUT2D eigenvalue weighted by atomic mass is 32.1. The molecular formula is C17H26N2OS. The third-order valence-electron chi connectivity index (χ3n) is 3.61. The van der Waals surface area contributed by atoms with Crippen LogP contribution in [0.5, 0.6) is 0 Å². The summed E-state index contributed by atoms with van der Waals surface area (Å²) < 4.78 is 0. The van der Waals surface area contributed by atoms with Crippen molar-refractivity contribution in [3.63, 3.8) is 0 Å². The average molecular weight is 306 g/mol. The highest BCUT2D eigenvalue weighted by Crippen LogP contribution is 2.26. The van der Waals surface area contributed by atoms with Crippen LogP contribution in [-0.4, -0.2) is 11.0 Å². The van der Waals surface area contributed by atoms with Crippen molar-refractivity contribution >= 4 is 28.9 Å². The van der Waals surface area contributed by atoms with Crippen LogP contribution in [0.25, 0.3) is 0 Å². The first kappa shape index (κ1) is 17.6. The Balaban J connectivity index is 2.57. The highest BCUT2D eigenvalue weighted by molar-refractivity contribution is 7.80. The number of amides is 1. The zero-order chi connectivity index (χ0) is 15.7. The summed E-state index contributed by atoms with van der Waals surface area (Å²) in [5.74, 6) is 0.443. The van der Waals surface area contributed by atoms with Gasteiger partial charge in [0.2, 0.25) is 5.91 Å². The third-order valence-corrected chi connectivity index (χ3v) is 3.82. The summed E-state index contributed by atoms with van der Waals surface area (Å²) in [7, 11) is 0. The van der Waals surface area contributed by atoms with Gasteiger partial charge in [0.15, 0.2) is 5.11 Å². The SMILES string of the molecule is CCCCCC(=O)NC(=S)Nc1ccccc1C(C)CC. The number of unbranched alkanes of at least 4 members (excludes halogenated alkanes) is 2. The smallest absolute Gasteiger partial charge is 0.226 e. The molecule has 0 heterocycles. The van der Waals surface area contributed by atoms with Gasteiger partial charge in [-0.2, -0.15) is 0 Å². The monoisotopic (exact) mass is 306 g/mol. The highest BCUT2D eigenvalue weighted by Gasteiger charge is 2.10. The summed E-state index contributed by atoms with van der Waals surface area (Å²) in [5, 5.41) is 6.28. The number of thiocarbonyl (C=S) groups is 1. The number of rotatable bonds is 7. The van der Waals surface area contributed by atoms with Crippen LogP contribution in [0.2, 0.25) is 0 Å². The number of benzene rings is 1. The predicted octanol–water partition coefficient (Wildman–Crippen LogP) is 4.59. The Labute approximate surface area is 133 Å². The van der Waals surface area contributed by atoms with Crippen LogP contribution in [0.4, 0.5) is 5.69 Å². The second-order valence-corrected chi connectivity index (χ2v) is 5.76. The zero-order valence-electron chi connectivity index (χ0n) is 13.2. The molecule has 116 valence electrons. The lowest BCUT2D eigenvalue weighted by Crippen LogP contribution is -2.34. The summed E-state index contributed by atoms with van der Waals surface area (Å²) in [6, 6.07) is 8.10. The molecule has 1 rings (SSSR count). The van der Waals surface area contributed by atoms with Gasteiger partial charge in [-0.15, -0.1) is 0 Å². The van der Waals surface area contributed by atoms with Gasteiger partial charge in [0, 0.05) is 12.1 Å². The van der Waals surface area contributed by atoms with Crippen LogP contribution in [0.1, 0.15) is 64.4 Å². The van der Waals surface area contributed by atoms with E-state index in [2.05, 4.69) is 37.5 Å². The molecule has 4 heteroatoms. The Morgan fingerprint density at radius 1 is 1.24 bits per heavy atom. The van der Waals surface area contributed by atoms with Gasteiger partial charge < -0.3 is 10.6 Å². The number of hydrogen-bond donors (Lipinski definition) is 2. The van der Waals surface area contributed by atoms with Crippen LogP contribution in [0, 0.1) is 0 Å². The number of hydrogen-bond acceptors (Lipinski definition) is 2. The molecule has 0 radical (unpaired) electrons. The molecule has 0 aliphatic heterocycles. The van der Waals surface area contributed by atoms with E-state index >= 15 is 0 Å². The van der Waals surface area contributed by atoms with Crippen molar-refractivity contribution in [3.05, 3.63) is 29.8 Å². The fraction of sp³-hybridized carbons (Fsp3) is 0.529. The number of carbonyl (C=O) groups excluding carboxylic acids is 1. The van der Waals surface area contributed by atoms with E-state index in [9.17, 15) is 4.79 Å². The molecule has 0 saturated heterocycles. The van der Waals surface area contributed by atoms with Crippen molar-refractivity contribution in [1.82, 2.24) is 5.32 Å². The lowest BCUT2D eigenvalue weighted by Gasteiger charge is -2.17. The normalized spacial score (nSPS) is 11.8. The Hall–Kier alpha value is -1.42. The van der Waals surface area contributed by atoms with Crippen molar-refractivity contribution in [2.75, 3.05) is 5.32 Å². The predicted molar refractivity (Wildman–Crippen MR) is 93.7 cm³/mol. The largest absolute Gasteiger partial charge is 0.332 e. The van der Waals surface area contributed by atoms with Crippen molar-refractivity contribution in [3.8, 4) is 0 Å². The molecule has 1 amide bonds. The minimum Gasteiger partial charge on any atom is -0.332 e. The van der Waals surface area contributed by atoms with E-state index in [1.54, 1.807) is 0 Å². The van der Waals surface area contributed by atoms with Crippen molar-refractivity contribution in [1.29, 1.82) is 0 Å². The van der Waals surface area contributed by atoms with Crippen LogP contribution in [0.15, 0.2) is 24.3 Å². The lowest BCUT2D eigenvalue weighted by atomic mass is 9.97. The van der Waals surface area contributed by atoms with Gasteiger partial charge in [0.05, 0.1) is 0 Å². The van der Waals surface area contributed by atoms with E-state index in [4.69, 9.17) is 12.2 Å². The van der Waals surface area contributed by atoms with Gasteiger partial charge in [0.1, 0.15) is 0 Å². The summed E-state index contributed by atoms with van der Waals surface area (Å²) in [6.07, 6.45) is 4.69. The second kappa shape index (κ2) is 9.50. The fourth-order valence-electron chi connectivity index (χ4n) is 2.14. The topological polar surface area (TPSA) is 41.1 Å². The quantitative estimate of drug-likeness (QED) is 0.571. The van der Waals surface area contributed by atoms with Gasteiger partial charge in [-0.05, 0) is 42.6 Å². The molecule has 0 aliphatic rings. The average Bonchev–Trinajstić information content (AvgIpc) is 2.47. The Bertz CT molecular complexity index is 474. The number of para-hydroxylation sites is 1. The molecule has 1 atom stereocenters. The summed E-state index contributed by atoms with van der Waals surface area (Å²) in [5.41, 5.74) is 2.20. The minimum atomic E-state index is -0.0121. The Morgan fingerprint density at radius 2 is 1.95 bits per heavy atom. The molecule has 1 aromatic rings. The van der Waals surface area contributed by atoms with Crippen LogP contribution < -0.4 is 10.6 Å². The minimum absolute atomic E-state index is 0.0121. The molecule has 2 N–H and O–H groups in total. The molecule has 0 fully saturated rings. The molecule has 1 aromatic carbocycles. The Kier molecular flexibility index (Phi) is 7.98. The van der Waals surface area contributed by atoms with E-state index in [1.165, 1.54) is 5.56 Å². The lowest BCUT2D eigenvalue weighted by molar-refractivity contribution is -0.119. The fourth-order valence-corrected chi connectivity index (χ4v) is 2.36. The Morgan fingerprint density at radius 3 is 2.62 bits per heavy atom. The maximum absolute atomic E-state index is 11.8. The molecular weight excluding hydrogens is 280 g/mol. The number of anilines is 1. The first-order valence-electron chi connectivity index (χ1n) is 7.78. The standard InChI is InChI=1S/C17H26N2OS/c1-4-6-7-12-16(20)19-17(21)18-15-11-9-8-10-14(15)13(3)5-2/h8-11,13H,4-7,12H2,1-3H3,(H2,18,19,20,21). The van der Waals surface area contributed by atoms with Crippen molar-refractivity contribution in [2.45, 2.75) is 58.8 Å². The molecule has 21 heavy (non-hydrogen) atoms. The first-order valence-corrected chi connectivity index (χ1v) is 8.19. The summed E-state index contributed by atoms with van der Waals surface area (Å²) in [6.45, 7) is 6.47. The number of nitrogens with one attached hydrogen (secondary N) is 2. The van der Waals surface area contributed by atoms with Crippen LogP contribution in [-0.2, 0) is 4.79 Å². The maximum atomic E-state index is 11.8.